The highest BCUT2D eigenvalue weighted by Gasteiger charge is 2.19. The fourth-order valence-corrected chi connectivity index (χ4v) is 3.49. The zero-order valence-corrected chi connectivity index (χ0v) is 13.0. The molecule has 23 heavy (non-hydrogen) atoms. The number of nitrogens with one attached hydrogen (secondary N) is 2. The molecule has 1 heterocycles. The van der Waals surface area contributed by atoms with Crippen molar-refractivity contribution in [3.05, 3.63) is 71.4 Å². The van der Waals surface area contributed by atoms with Gasteiger partial charge in [-0.1, -0.05) is 24.3 Å². The number of carbonyl (C=O) groups is 1. The van der Waals surface area contributed by atoms with Gasteiger partial charge in [-0.2, -0.15) is 0 Å². The summed E-state index contributed by atoms with van der Waals surface area (Å²) >= 11 is 0. The van der Waals surface area contributed by atoms with Crippen LogP contribution in [-0.2, 0) is 12.8 Å². The highest BCUT2D eigenvalue weighted by molar-refractivity contribution is 5.98. The summed E-state index contributed by atoms with van der Waals surface area (Å²) in [5.74, 6) is 0.0254. The predicted octanol–water partition coefficient (Wildman–Crippen LogP) is 3.85. The van der Waals surface area contributed by atoms with Crippen LogP contribution in [0.4, 0.5) is 0 Å². The maximum Gasteiger partial charge on any atom is 0.251 e. The van der Waals surface area contributed by atoms with Gasteiger partial charge < -0.3 is 10.3 Å². The van der Waals surface area contributed by atoms with Crippen molar-refractivity contribution < 1.29 is 4.79 Å². The summed E-state index contributed by atoms with van der Waals surface area (Å²) in [6.07, 6.45) is 6.09. The SMILES string of the molecule is O=C(NC1CCCc2ccccc2C1)c1ccc2[nH]ccc2c1. The largest absolute Gasteiger partial charge is 0.361 e. The molecule has 0 radical (unpaired) electrons. The fraction of sp³-hybridized carbons (Fsp3) is 0.250. The van der Waals surface area contributed by atoms with Crippen molar-refractivity contribution in [3.8, 4) is 0 Å². The minimum Gasteiger partial charge on any atom is -0.361 e. The van der Waals surface area contributed by atoms with Crippen LogP contribution in [0.3, 0.4) is 0 Å². The standard InChI is InChI=1S/C20H20N2O/c23-20(17-8-9-19-16(12-17)10-11-21-19)22-18-7-3-6-14-4-1-2-5-15(14)13-18/h1-2,4-5,8-12,18,21H,3,6-7,13H2,(H,22,23). The molecule has 0 aliphatic heterocycles. The van der Waals surface area contributed by atoms with Crippen LogP contribution in [-0.4, -0.2) is 16.9 Å². The molecule has 1 unspecified atom stereocenters. The predicted molar refractivity (Wildman–Crippen MR) is 92.6 cm³/mol. The normalized spacial score (nSPS) is 17.5. The molecule has 1 aliphatic rings. The molecule has 2 aromatic carbocycles. The molecular formula is C20H20N2O. The molecule has 0 bridgehead atoms. The summed E-state index contributed by atoms with van der Waals surface area (Å²) in [6, 6.07) is 16.6. The van der Waals surface area contributed by atoms with E-state index in [1.807, 2.05) is 30.5 Å². The van der Waals surface area contributed by atoms with E-state index in [-0.39, 0.29) is 11.9 Å². The van der Waals surface area contributed by atoms with Crippen LogP contribution in [0, 0.1) is 0 Å². The number of carbonyl (C=O) groups excluding carboxylic acids is 1. The van der Waals surface area contributed by atoms with Gasteiger partial charge in [0.1, 0.15) is 0 Å². The smallest absolute Gasteiger partial charge is 0.251 e. The van der Waals surface area contributed by atoms with Gasteiger partial charge in [-0.05, 0) is 61.1 Å². The van der Waals surface area contributed by atoms with E-state index in [2.05, 4.69) is 34.6 Å². The highest BCUT2D eigenvalue weighted by atomic mass is 16.1. The van der Waals surface area contributed by atoms with Crippen LogP contribution >= 0.6 is 0 Å². The molecular weight excluding hydrogens is 284 g/mol. The lowest BCUT2D eigenvalue weighted by Crippen LogP contribution is -2.36. The molecule has 1 aliphatic carbocycles. The summed E-state index contributed by atoms with van der Waals surface area (Å²) < 4.78 is 0. The molecule has 2 N–H and O–H groups in total. The van der Waals surface area contributed by atoms with Crippen molar-refractivity contribution in [1.29, 1.82) is 0 Å². The van der Waals surface area contributed by atoms with Crippen molar-refractivity contribution in [2.75, 3.05) is 0 Å². The van der Waals surface area contributed by atoms with Gasteiger partial charge in [-0.3, -0.25) is 4.79 Å². The molecule has 1 amide bonds. The van der Waals surface area contributed by atoms with Gasteiger partial charge in [0.25, 0.3) is 5.91 Å². The van der Waals surface area contributed by atoms with Gasteiger partial charge in [0.05, 0.1) is 0 Å². The number of fused-ring (bicyclic) bond motifs is 2. The van der Waals surface area contributed by atoms with E-state index in [1.54, 1.807) is 0 Å². The zero-order valence-electron chi connectivity index (χ0n) is 13.0. The lowest BCUT2D eigenvalue weighted by Gasteiger charge is -2.17. The molecule has 0 spiro atoms. The maximum atomic E-state index is 12.6. The molecule has 0 fully saturated rings. The van der Waals surface area contributed by atoms with Crippen molar-refractivity contribution in [3.63, 3.8) is 0 Å². The van der Waals surface area contributed by atoms with Crippen LogP contribution in [0.5, 0.6) is 0 Å². The second kappa shape index (κ2) is 5.92. The second-order valence-corrected chi connectivity index (χ2v) is 6.32. The van der Waals surface area contributed by atoms with E-state index in [0.717, 1.165) is 42.1 Å². The molecule has 1 aromatic heterocycles. The van der Waals surface area contributed by atoms with E-state index >= 15 is 0 Å². The van der Waals surface area contributed by atoms with Crippen molar-refractivity contribution in [1.82, 2.24) is 10.3 Å². The number of hydrogen-bond donors (Lipinski definition) is 2. The number of hydrogen-bond acceptors (Lipinski definition) is 1. The Hall–Kier alpha value is -2.55. The molecule has 0 saturated heterocycles. The number of rotatable bonds is 2. The summed E-state index contributed by atoms with van der Waals surface area (Å²) in [5.41, 5.74) is 4.59. The lowest BCUT2D eigenvalue weighted by molar-refractivity contribution is 0.0935. The Bertz CT molecular complexity index is 849. The summed E-state index contributed by atoms with van der Waals surface area (Å²) in [7, 11) is 0. The molecule has 116 valence electrons. The van der Waals surface area contributed by atoms with Crippen LogP contribution in [0.2, 0.25) is 0 Å². The van der Waals surface area contributed by atoms with Crippen LogP contribution in [0.25, 0.3) is 10.9 Å². The van der Waals surface area contributed by atoms with Gasteiger partial charge >= 0.3 is 0 Å². The summed E-state index contributed by atoms with van der Waals surface area (Å²) in [6.45, 7) is 0. The summed E-state index contributed by atoms with van der Waals surface area (Å²) in [5, 5.41) is 4.30. The van der Waals surface area contributed by atoms with Crippen LogP contribution < -0.4 is 5.32 Å². The molecule has 3 nitrogen and oxygen atoms in total. The number of H-pyrrole nitrogens is 1. The molecule has 3 heteroatoms. The number of amides is 1. The number of benzene rings is 2. The first-order valence-electron chi connectivity index (χ1n) is 8.24. The third-order valence-corrected chi connectivity index (χ3v) is 4.73. The van der Waals surface area contributed by atoms with E-state index in [9.17, 15) is 4.79 Å². The Balaban J connectivity index is 1.52. The van der Waals surface area contributed by atoms with Crippen molar-refractivity contribution >= 4 is 16.8 Å². The van der Waals surface area contributed by atoms with Crippen LogP contribution in [0.1, 0.15) is 34.3 Å². The Kier molecular flexibility index (Phi) is 3.62. The second-order valence-electron chi connectivity index (χ2n) is 6.32. The van der Waals surface area contributed by atoms with Gasteiger partial charge in [0.15, 0.2) is 0 Å². The Morgan fingerprint density at radius 1 is 1.09 bits per heavy atom. The number of aryl methyl sites for hydroxylation is 1. The number of aromatic nitrogens is 1. The van der Waals surface area contributed by atoms with Gasteiger partial charge in [-0.25, -0.2) is 0 Å². The average molecular weight is 304 g/mol. The Morgan fingerprint density at radius 3 is 2.87 bits per heavy atom. The minimum atomic E-state index is 0.0254. The van der Waals surface area contributed by atoms with E-state index < -0.39 is 0 Å². The van der Waals surface area contributed by atoms with E-state index in [0.29, 0.717) is 0 Å². The minimum absolute atomic E-state index is 0.0254. The average Bonchev–Trinajstić information content (AvgIpc) is 2.94. The van der Waals surface area contributed by atoms with E-state index in [4.69, 9.17) is 0 Å². The zero-order chi connectivity index (χ0) is 15.6. The topological polar surface area (TPSA) is 44.9 Å². The quantitative estimate of drug-likeness (QED) is 0.694. The first-order valence-corrected chi connectivity index (χ1v) is 8.24. The highest BCUT2D eigenvalue weighted by Crippen LogP contribution is 2.21. The van der Waals surface area contributed by atoms with E-state index in [1.165, 1.54) is 11.1 Å². The molecule has 0 saturated carbocycles. The number of aromatic amines is 1. The van der Waals surface area contributed by atoms with Crippen molar-refractivity contribution in [2.24, 2.45) is 0 Å². The monoisotopic (exact) mass is 304 g/mol. The third-order valence-electron chi connectivity index (χ3n) is 4.73. The molecule has 3 aromatic rings. The Labute approximate surface area is 135 Å². The van der Waals surface area contributed by atoms with Gasteiger partial charge in [-0.15, -0.1) is 0 Å². The first-order chi connectivity index (χ1) is 11.3. The van der Waals surface area contributed by atoms with Crippen molar-refractivity contribution in [2.45, 2.75) is 31.7 Å². The lowest BCUT2D eigenvalue weighted by atomic mass is 10.0. The molecule has 4 rings (SSSR count). The third kappa shape index (κ3) is 2.87. The summed E-state index contributed by atoms with van der Waals surface area (Å²) in [4.78, 5) is 15.7. The van der Waals surface area contributed by atoms with Gasteiger partial charge in [0.2, 0.25) is 0 Å². The Morgan fingerprint density at radius 2 is 1.96 bits per heavy atom. The van der Waals surface area contributed by atoms with Crippen LogP contribution in [0.15, 0.2) is 54.7 Å². The van der Waals surface area contributed by atoms with Gasteiger partial charge in [0, 0.05) is 28.7 Å². The fourth-order valence-electron chi connectivity index (χ4n) is 3.49. The molecule has 1 atom stereocenters. The maximum absolute atomic E-state index is 12.6. The first kappa shape index (κ1) is 14.1.